The summed E-state index contributed by atoms with van der Waals surface area (Å²) in [7, 11) is 0. The Morgan fingerprint density at radius 1 is 1.30 bits per heavy atom. The number of hydrogen-bond donors (Lipinski definition) is 1. The first-order chi connectivity index (χ1) is 4.79. The maximum absolute atomic E-state index is 5.57. The van der Waals surface area contributed by atoms with Gasteiger partial charge in [-0.2, -0.15) is 0 Å². The molecule has 0 aliphatic carbocycles. The highest BCUT2D eigenvalue weighted by atomic mass is 14.6. The molecule has 1 nitrogen and oxygen atoms in total. The second-order valence-electron chi connectivity index (χ2n) is 2.44. The van der Waals surface area contributed by atoms with Crippen LogP contribution in [0.5, 0.6) is 0 Å². The molecule has 1 aromatic rings. The lowest BCUT2D eigenvalue weighted by Gasteiger charge is -2.02. The van der Waals surface area contributed by atoms with Crippen molar-refractivity contribution in [3.05, 3.63) is 42.3 Å². The zero-order chi connectivity index (χ0) is 7.40. The number of nitrogens with two attached hydrogens (primary N) is 1. The third kappa shape index (κ3) is 2.19. The average Bonchev–Trinajstić information content (AvgIpc) is 1.88. The van der Waals surface area contributed by atoms with Crippen LogP contribution < -0.4 is 5.73 Å². The molecular weight excluding hydrogens is 122 g/mol. The van der Waals surface area contributed by atoms with Crippen molar-refractivity contribution in [3.63, 3.8) is 0 Å². The van der Waals surface area contributed by atoms with Crippen LogP contribution in [-0.2, 0) is 0 Å². The smallest absolute Gasteiger partial charge is 0.00858 e. The zero-order valence-electron chi connectivity index (χ0n) is 6.12. The molecule has 1 heteroatoms. The lowest BCUT2D eigenvalue weighted by Crippen LogP contribution is -2.15. The third-order valence-corrected chi connectivity index (χ3v) is 1.25. The molecule has 0 aromatic heterocycles. The average molecular weight is 134 g/mol. The van der Waals surface area contributed by atoms with Crippen LogP contribution in [0.25, 0.3) is 0 Å². The van der Waals surface area contributed by atoms with Gasteiger partial charge in [0.25, 0.3) is 0 Å². The van der Waals surface area contributed by atoms with Crippen molar-refractivity contribution in [2.24, 2.45) is 5.73 Å². The fraction of sp³-hybridized carbons (Fsp3) is 0.222. The Hall–Kier alpha value is -0.820. The maximum atomic E-state index is 5.57. The van der Waals surface area contributed by atoms with Crippen LogP contribution in [0.1, 0.15) is 12.5 Å². The topological polar surface area (TPSA) is 26.0 Å². The van der Waals surface area contributed by atoms with Gasteiger partial charge in [0.15, 0.2) is 0 Å². The Morgan fingerprint density at radius 3 is 2.40 bits per heavy atom. The minimum absolute atomic E-state index is 0.141. The van der Waals surface area contributed by atoms with Crippen molar-refractivity contribution in [2.75, 3.05) is 0 Å². The lowest BCUT2D eigenvalue weighted by molar-refractivity contribution is 0.870. The standard InChI is InChI=1S/C9H12N/c1-8(10)7-9-5-3-2-4-6-9/h2-8H,10H2,1H3. The summed E-state index contributed by atoms with van der Waals surface area (Å²) in [5.41, 5.74) is 6.76. The van der Waals surface area contributed by atoms with E-state index < -0.39 is 0 Å². The first kappa shape index (κ1) is 7.29. The van der Waals surface area contributed by atoms with E-state index in [0.29, 0.717) is 0 Å². The van der Waals surface area contributed by atoms with Gasteiger partial charge in [-0.25, -0.2) is 0 Å². The van der Waals surface area contributed by atoms with E-state index in [1.807, 2.05) is 43.7 Å². The minimum Gasteiger partial charge on any atom is -0.327 e. The maximum Gasteiger partial charge on any atom is 0.00858 e. The minimum atomic E-state index is 0.141. The molecule has 1 unspecified atom stereocenters. The largest absolute Gasteiger partial charge is 0.327 e. The molecule has 0 heterocycles. The number of benzene rings is 1. The van der Waals surface area contributed by atoms with Crippen LogP contribution in [0, 0.1) is 6.42 Å². The predicted molar refractivity (Wildman–Crippen MR) is 43.5 cm³/mol. The van der Waals surface area contributed by atoms with E-state index in [1.54, 1.807) is 0 Å². The summed E-state index contributed by atoms with van der Waals surface area (Å²) in [5, 5.41) is 0. The monoisotopic (exact) mass is 134 g/mol. The fourth-order valence-corrected chi connectivity index (χ4v) is 0.868. The van der Waals surface area contributed by atoms with Crippen LogP contribution in [0.15, 0.2) is 30.3 Å². The van der Waals surface area contributed by atoms with Crippen molar-refractivity contribution in [1.29, 1.82) is 0 Å². The molecule has 0 saturated carbocycles. The summed E-state index contributed by atoms with van der Waals surface area (Å²) in [5.74, 6) is 0. The summed E-state index contributed by atoms with van der Waals surface area (Å²) in [6.07, 6.45) is 2.03. The molecule has 1 rings (SSSR count). The van der Waals surface area contributed by atoms with Gasteiger partial charge >= 0.3 is 0 Å². The predicted octanol–water partition coefficient (Wildman–Crippen LogP) is 1.59. The van der Waals surface area contributed by atoms with E-state index in [-0.39, 0.29) is 6.04 Å². The molecule has 0 bridgehead atoms. The van der Waals surface area contributed by atoms with Gasteiger partial charge in [-0.1, -0.05) is 30.3 Å². The van der Waals surface area contributed by atoms with Crippen molar-refractivity contribution in [1.82, 2.24) is 0 Å². The van der Waals surface area contributed by atoms with Crippen molar-refractivity contribution in [2.45, 2.75) is 13.0 Å². The summed E-state index contributed by atoms with van der Waals surface area (Å²) in [6.45, 7) is 1.97. The van der Waals surface area contributed by atoms with Gasteiger partial charge in [0, 0.05) is 12.5 Å². The van der Waals surface area contributed by atoms with E-state index in [0.717, 1.165) is 0 Å². The summed E-state index contributed by atoms with van der Waals surface area (Å²) in [4.78, 5) is 0. The first-order valence-corrected chi connectivity index (χ1v) is 3.44. The Labute approximate surface area is 61.9 Å². The molecule has 1 aromatic carbocycles. The van der Waals surface area contributed by atoms with Crippen molar-refractivity contribution >= 4 is 0 Å². The van der Waals surface area contributed by atoms with Crippen LogP contribution in [-0.4, -0.2) is 6.04 Å². The second kappa shape index (κ2) is 3.37. The molecule has 1 atom stereocenters. The van der Waals surface area contributed by atoms with Crippen molar-refractivity contribution in [3.8, 4) is 0 Å². The van der Waals surface area contributed by atoms with Gasteiger partial charge in [0.05, 0.1) is 0 Å². The Morgan fingerprint density at radius 2 is 1.90 bits per heavy atom. The molecule has 0 spiro atoms. The van der Waals surface area contributed by atoms with Crippen LogP contribution in [0.4, 0.5) is 0 Å². The summed E-state index contributed by atoms with van der Waals surface area (Å²) < 4.78 is 0. The molecular formula is C9H12N. The normalized spacial score (nSPS) is 13.0. The van der Waals surface area contributed by atoms with E-state index in [2.05, 4.69) is 0 Å². The highest BCUT2D eigenvalue weighted by molar-refractivity contribution is 5.23. The van der Waals surface area contributed by atoms with Crippen LogP contribution in [0.2, 0.25) is 0 Å². The Bertz CT molecular complexity index is 179. The van der Waals surface area contributed by atoms with Gasteiger partial charge in [-0.3, -0.25) is 0 Å². The van der Waals surface area contributed by atoms with Gasteiger partial charge in [0.2, 0.25) is 0 Å². The molecule has 0 fully saturated rings. The van der Waals surface area contributed by atoms with E-state index in [9.17, 15) is 0 Å². The first-order valence-electron chi connectivity index (χ1n) is 3.44. The van der Waals surface area contributed by atoms with Gasteiger partial charge in [-0.15, -0.1) is 0 Å². The van der Waals surface area contributed by atoms with E-state index in [4.69, 9.17) is 5.73 Å². The molecule has 10 heavy (non-hydrogen) atoms. The quantitative estimate of drug-likeness (QED) is 0.653. The highest BCUT2D eigenvalue weighted by Gasteiger charge is 1.94. The second-order valence-corrected chi connectivity index (χ2v) is 2.44. The SMILES string of the molecule is CC(N)[CH]c1ccccc1. The molecule has 0 saturated heterocycles. The number of rotatable bonds is 2. The zero-order valence-corrected chi connectivity index (χ0v) is 6.12. The number of hydrogen-bond acceptors (Lipinski definition) is 1. The lowest BCUT2D eigenvalue weighted by atomic mass is 10.1. The van der Waals surface area contributed by atoms with Gasteiger partial charge in [-0.05, 0) is 12.5 Å². The van der Waals surface area contributed by atoms with E-state index >= 15 is 0 Å². The van der Waals surface area contributed by atoms with Crippen LogP contribution in [0.3, 0.4) is 0 Å². The van der Waals surface area contributed by atoms with E-state index in [1.165, 1.54) is 5.56 Å². The Balaban J connectivity index is 2.59. The fourth-order valence-electron chi connectivity index (χ4n) is 0.868. The molecule has 2 N–H and O–H groups in total. The van der Waals surface area contributed by atoms with Gasteiger partial charge < -0.3 is 5.73 Å². The summed E-state index contributed by atoms with van der Waals surface area (Å²) >= 11 is 0. The Kier molecular flexibility index (Phi) is 2.46. The highest BCUT2D eigenvalue weighted by Crippen LogP contribution is 2.02. The van der Waals surface area contributed by atoms with Gasteiger partial charge in [0.1, 0.15) is 0 Å². The molecule has 1 radical (unpaired) electrons. The summed E-state index contributed by atoms with van der Waals surface area (Å²) in [6, 6.07) is 10.2. The molecule has 53 valence electrons. The molecule has 0 amide bonds. The third-order valence-electron chi connectivity index (χ3n) is 1.25. The molecule has 0 aliphatic heterocycles. The van der Waals surface area contributed by atoms with Crippen molar-refractivity contribution < 1.29 is 0 Å². The van der Waals surface area contributed by atoms with Crippen LogP contribution >= 0.6 is 0 Å². The molecule has 0 aliphatic rings.